The highest BCUT2D eigenvalue weighted by molar-refractivity contribution is 6.34. The number of halogens is 2. The summed E-state index contributed by atoms with van der Waals surface area (Å²) in [4.78, 5) is 12.3. The number of nitrogens with two attached hydrogens (primary N) is 1. The lowest BCUT2D eigenvalue weighted by Gasteiger charge is -2.45. The van der Waals surface area contributed by atoms with E-state index >= 15 is 0 Å². The fourth-order valence-electron chi connectivity index (χ4n) is 3.98. The minimum absolute atomic E-state index is 0.0535. The van der Waals surface area contributed by atoms with Gasteiger partial charge in [-0.25, -0.2) is 0 Å². The molecular formula is C17H22Cl2N2O2. The van der Waals surface area contributed by atoms with Crippen molar-refractivity contribution < 1.29 is 9.53 Å². The summed E-state index contributed by atoms with van der Waals surface area (Å²) in [5, 5.41) is 4.13. The number of benzene rings is 1. The number of fused-ring (bicyclic) bond motifs is 2. The average Bonchev–Trinajstić information content (AvgIpc) is 2.49. The fraction of sp³-hybridized carbons (Fsp3) is 0.588. The molecule has 126 valence electrons. The molecular weight excluding hydrogens is 335 g/mol. The van der Waals surface area contributed by atoms with Gasteiger partial charge in [0.1, 0.15) is 5.75 Å². The number of rotatable bonds is 4. The molecule has 23 heavy (non-hydrogen) atoms. The first-order chi connectivity index (χ1) is 11.0. The summed E-state index contributed by atoms with van der Waals surface area (Å²) in [6.07, 6.45) is 5.54. The molecule has 0 spiro atoms. The molecule has 0 saturated heterocycles. The van der Waals surface area contributed by atoms with Crippen molar-refractivity contribution in [3.05, 3.63) is 28.2 Å². The third-order valence-electron chi connectivity index (χ3n) is 4.96. The van der Waals surface area contributed by atoms with Crippen molar-refractivity contribution in [2.24, 2.45) is 17.6 Å². The highest BCUT2D eigenvalue weighted by atomic mass is 35.5. The van der Waals surface area contributed by atoms with Gasteiger partial charge in [0.25, 0.3) is 5.91 Å². The van der Waals surface area contributed by atoms with Crippen molar-refractivity contribution in [2.45, 2.75) is 44.2 Å². The van der Waals surface area contributed by atoms with E-state index in [1.165, 1.54) is 6.42 Å². The van der Waals surface area contributed by atoms with Gasteiger partial charge in [0.2, 0.25) is 0 Å². The van der Waals surface area contributed by atoms with Crippen LogP contribution in [0.5, 0.6) is 5.75 Å². The van der Waals surface area contributed by atoms with Crippen LogP contribution in [0.1, 0.15) is 32.1 Å². The first kappa shape index (κ1) is 16.9. The van der Waals surface area contributed by atoms with E-state index in [1.807, 2.05) is 0 Å². The number of ether oxygens (including phenoxy) is 1. The second kappa shape index (κ2) is 7.29. The topological polar surface area (TPSA) is 64.3 Å². The maximum Gasteiger partial charge on any atom is 0.258 e. The van der Waals surface area contributed by atoms with E-state index in [-0.39, 0.29) is 24.6 Å². The lowest BCUT2D eigenvalue weighted by Crippen LogP contribution is -2.54. The van der Waals surface area contributed by atoms with E-state index in [4.69, 9.17) is 33.7 Å². The molecule has 0 heterocycles. The molecule has 2 aliphatic carbocycles. The summed E-state index contributed by atoms with van der Waals surface area (Å²) in [6, 6.07) is 5.47. The van der Waals surface area contributed by atoms with Crippen molar-refractivity contribution in [2.75, 3.05) is 6.61 Å². The largest absolute Gasteiger partial charge is 0.482 e. The molecule has 1 amide bonds. The molecule has 0 aromatic heterocycles. The number of hydrogen-bond acceptors (Lipinski definition) is 3. The van der Waals surface area contributed by atoms with Gasteiger partial charge in [-0.1, -0.05) is 29.6 Å². The van der Waals surface area contributed by atoms with Crippen LogP contribution in [0, 0.1) is 11.8 Å². The Morgan fingerprint density at radius 3 is 2.65 bits per heavy atom. The summed E-state index contributed by atoms with van der Waals surface area (Å²) in [6.45, 7) is -0.0535. The van der Waals surface area contributed by atoms with Crippen molar-refractivity contribution in [1.29, 1.82) is 0 Å². The summed E-state index contributed by atoms with van der Waals surface area (Å²) in [5.41, 5.74) is 6.12. The van der Waals surface area contributed by atoms with Crippen LogP contribution in [0.3, 0.4) is 0 Å². The second-order valence-corrected chi connectivity index (χ2v) is 7.48. The highest BCUT2D eigenvalue weighted by Crippen LogP contribution is 2.39. The first-order valence-corrected chi connectivity index (χ1v) is 8.91. The first-order valence-electron chi connectivity index (χ1n) is 8.15. The molecule has 0 radical (unpaired) electrons. The minimum atomic E-state index is -0.113. The zero-order chi connectivity index (χ0) is 16.4. The zero-order valence-electron chi connectivity index (χ0n) is 12.9. The fourth-order valence-corrected chi connectivity index (χ4v) is 4.32. The Kier molecular flexibility index (Phi) is 5.34. The lowest BCUT2D eigenvalue weighted by atomic mass is 9.67. The Balaban J connectivity index is 1.56. The van der Waals surface area contributed by atoms with Crippen molar-refractivity contribution in [1.82, 2.24) is 5.32 Å². The van der Waals surface area contributed by atoms with Gasteiger partial charge >= 0.3 is 0 Å². The standard InChI is InChI=1S/C17H22Cl2N2O2/c18-12-4-5-14(19)15(8-12)23-9-16(22)21-17-10-2-1-3-11(17)7-13(20)6-10/h4-5,8,10-11,13,17H,1-3,6-7,9,20H2,(H,21,22). The number of hydrogen-bond donors (Lipinski definition) is 2. The zero-order valence-corrected chi connectivity index (χ0v) is 14.4. The monoisotopic (exact) mass is 356 g/mol. The molecule has 2 aliphatic rings. The molecule has 3 rings (SSSR count). The predicted molar refractivity (Wildman–Crippen MR) is 91.9 cm³/mol. The molecule has 4 nitrogen and oxygen atoms in total. The number of carbonyl (C=O) groups is 1. The number of carbonyl (C=O) groups excluding carboxylic acids is 1. The van der Waals surface area contributed by atoms with Gasteiger partial charge in [-0.2, -0.15) is 0 Å². The SMILES string of the molecule is NC1CC2CCCC(C1)C2NC(=O)COc1cc(Cl)ccc1Cl. The Morgan fingerprint density at radius 2 is 1.96 bits per heavy atom. The molecule has 6 heteroatoms. The Morgan fingerprint density at radius 1 is 1.26 bits per heavy atom. The Hall–Kier alpha value is -0.970. The van der Waals surface area contributed by atoms with E-state index in [2.05, 4.69) is 5.32 Å². The van der Waals surface area contributed by atoms with Crippen molar-refractivity contribution in [3.63, 3.8) is 0 Å². The summed E-state index contributed by atoms with van der Waals surface area (Å²) in [5.74, 6) is 1.31. The Bertz CT molecular complexity index is 568. The molecule has 2 atom stereocenters. The number of amides is 1. The maximum atomic E-state index is 12.3. The van der Waals surface area contributed by atoms with Crippen LogP contribution in [-0.4, -0.2) is 24.6 Å². The van der Waals surface area contributed by atoms with Gasteiger partial charge in [-0.3, -0.25) is 4.79 Å². The summed E-state index contributed by atoms with van der Waals surface area (Å²) >= 11 is 12.0. The maximum absolute atomic E-state index is 12.3. The molecule has 3 N–H and O–H groups in total. The predicted octanol–water partition coefficient (Wildman–Crippen LogP) is 3.39. The van der Waals surface area contributed by atoms with Crippen LogP contribution in [0.4, 0.5) is 0 Å². The highest BCUT2D eigenvalue weighted by Gasteiger charge is 2.39. The molecule has 1 aromatic carbocycles. The third-order valence-corrected chi connectivity index (χ3v) is 5.50. The Labute approximate surface area is 146 Å². The van der Waals surface area contributed by atoms with E-state index in [0.717, 1.165) is 25.7 Å². The quantitative estimate of drug-likeness (QED) is 0.868. The normalized spacial score (nSPS) is 29.9. The van der Waals surface area contributed by atoms with Gasteiger partial charge in [0.05, 0.1) is 5.02 Å². The summed E-state index contributed by atoms with van der Waals surface area (Å²) < 4.78 is 5.51. The van der Waals surface area contributed by atoms with E-state index in [9.17, 15) is 4.79 Å². The smallest absolute Gasteiger partial charge is 0.258 e. The van der Waals surface area contributed by atoms with Crippen LogP contribution in [0.25, 0.3) is 0 Å². The summed E-state index contributed by atoms with van der Waals surface area (Å²) in [7, 11) is 0. The van der Waals surface area contributed by atoms with Crippen LogP contribution in [0.15, 0.2) is 18.2 Å². The van der Waals surface area contributed by atoms with Gasteiger partial charge < -0.3 is 15.8 Å². The van der Waals surface area contributed by atoms with Gasteiger partial charge in [0, 0.05) is 23.2 Å². The van der Waals surface area contributed by atoms with Crippen molar-refractivity contribution >= 4 is 29.1 Å². The molecule has 1 aromatic rings. The van der Waals surface area contributed by atoms with Crippen LogP contribution in [-0.2, 0) is 4.79 Å². The van der Waals surface area contributed by atoms with Gasteiger partial charge in [-0.15, -0.1) is 0 Å². The molecule has 2 saturated carbocycles. The number of nitrogens with one attached hydrogen (secondary N) is 1. The van der Waals surface area contributed by atoms with E-state index in [1.54, 1.807) is 18.2 Å². The van der Waals surface area contributed by atoms with Gasteiger partial charge in [-0.05, 0) is 49.7 Å². The van der Waals surface area contributed by atoms with Crippen LogP contribution >= 0.6 is 23.2 Å². The van der Waals surface area contributed by atoms with Crippen molar-refractivity contribution in [3.8, 4) is 5.75 Å². The minimum Gasteiger partial charge on any atom is -0.482 e. The average molecular weight is 357 g/mol. The third kappa shape index (κ3) is 4.11. The van der Waals surface area contributed by atoms with Gasteiger partial charge in [0.15, 0.2) is 6.61 Å². The second-order valence-electron chi connectivity index (χ2n) is 6.64. The van der Waals surface area contributed by atoms with E-state index < -0.39 is 0 Å². The molecule has 2 unspecified atom stereocenters. The van der Waals surface area contributed by atoms with Crippen LogP contribution < -0.4 is 15.8 Å². The lowest BCUT2D eigenvalue weighted by molar-refractivity contribution is -0.125. The molecule has 2 fully saturated rings. The van der Waals surface area contributed by atoms with Crippen LogP contribution in [0.2, 0.25) is 10.0 Å². The molecule has 0 aliphatic heterocycles. The van der Waals surface area contributed by atoms with E-state index in [0.29, 0.717) is 27.6 Å². The molecule has 2 bridgehead atoms.